The van der Waals surface area contributed by atoms with Crippen LogP contribution in [0.25, 0.3) is 0 Å². The lowest BCUT2D eigenvalue weighted by atomic mass is 9.95. The minimum Gasteiger partial charge on any atom is -0.479 e. The van der Waals surface area contributed by atoms with Gasteiger partial charge in [-0.2, -0.15) is 13.2 Å². The van der Waals surface area contributed by atoms with Crippen molar-refractivity contribution in [3.8, 4) is 0 Å². The van der Waals surface area contributed by atoms with Gasteiger partial charge < -0.3 is 16.2 Å². The van der Waals surface area contributed by atoms with Gasteiger partial charge in [-0.25, -0.2) is 4.79 Å². The van der Waals surface area contributed by atoms with Gasteiger partial charge in [0, 0.05) is 6.54 Å². The van der Waals surface area contributed by atoms with Crippen LogP contribution in [0.1, 0.15) is 18.4 Å². The van der Waals surface area contributed by atoms with Crippen molar-refractivity contribution in [1.82, 2.24) is 5.32 Å². The van der Waals surface area contributed by atoms with Crippen molar-refractivity contribution < 1.29 is 27.9 Å². The number of rotatable bonds is 5. The average molecular weight is 304 g/mol. The Bertz CT molecular complexity index is 519. The number of carbonyl (C=O) groups excluding carboxylic acids is 1. The Morgan fingerprint density at radius 3 is 2.19 bits per heavy atom. The number of aliphatic carboxylic acids is 1. The van der Waals surface area contributed by atoms with E-state index >= 15 is 0 Å². The molecule has 21 heavy (non-hydrogen) atoms. The Hall–Kier alpha value is -2.09. The first-order valence-electron chi connectivity index (χ1n) is 6.00. The number of hydrogen-bond donors (Lipinski definition) is 3. The monoisotopic (exact) mass is 304 g/mol. The van der Waals surface area contributed by atoms with Gasteiger partial charge >= 0.3 is 12.1 Å². The van der Waals surface area contributed by atoms with Crippen LogP contribution in [0.15, 0.2) is 30.3 Å². The fourth-order valence-corrected chi connectivity index (χ4v) is 1.66. The van der Waals surface area contributed by atoms with Crippen LogP contribution in [0.4, 0.5) is 13.2 Å². The highest BCUT2D eigenvalue weighted by Gasteiger charge is 2.58. The smallest absolute Gasteiger partial charge is 0.422 e. The van der Waals surface area contributed by atoms with Crippen LogP contribution in [-0.4, -0.2) is 35.2 Å². The van der Waals surface area contributed by atoms with Gasteiger partial charge in [0.1, 0.15) is 0 Å². The van der Waals surface area contributed by atoms with Crippen LogP contribution in [0, 0.1) is 0 Å². The molecule has 1 rings (SSSR count). The molecule has 0 heterocycles. The van der Waals surface area contributed by atoms with E-state index in [0.717, 1.165) is 0 Å². The molecule has 116 valence electrons. The van der Waals surface area contributed by atoms with Gasteiger partial charge in [-0.05, 0) is 12.5 Å². The molecule has 0 fully saturated rings. The van der Waals surface area contributed by atoms with Crippen molar-refractivity contribution in [3.05, 3.63) is 35.9 Å². The predicted octanol–water partition coefficient (Wildman–Crippen LogP) is 1.25. The van der Waals surface area contributed by atoms with Crippen LogP contribution in [0.5, 0.6) is 0 Å². The van der Waals surface area contributed by atoms with Gasteiger partial charge in [0.05, 0.1) is 5.92 Å². The number of carboxylic acids is 1. The Kier molecular flexibility index (Phi) is 4.95. The molecular weight excluding hydrogens is 289 g/mol. The predicted molar refractivity (Wildman–Crippen MR) is 68.5 cm³/mol. The van der Waals surface area contributed by atoms with E-state index in [0.29, 0.717) is 12.5 Å². The summed E-state index contributed by atoms with van der Waals surface area (Å²) >= 11 is 0. The topological polar surface area (TPSA) is 92.4 Å². The number of halogens is 3. The first-order valence-corrected chi connectivity index (χ1v) is 6.00. The molecule has 0 bridgehead atoms. The zero-order valence-corrected chi connectivity index (χ0v) is 11.1. The lowest BCUT2D eigenvalue weighted by Crippen LogP contribution is -2.62. The van der Waals surface area contributed by atoms with Gasteiger partial charge in [-0.3, -0.25) is 4.79 Å². The van der Waals surface area contributed by atoms with Crippen LogP contribution in [-0.2, 0) is 9.59 Å². The molecule has 2 atom stereocenters. The van der Waals surface area contributed by atoms with E-state index in [4.69, 9.17) is 10.8 Å². The van der Waals surface area contributed by atoms with Gasteiger partial charge in [-0.1, -0.05) is 30.3 Å². The maximum atomic E-state index is 12.9. The summed E-state index contributed by atoms with van der Waals surface area (Å²) in [5, 5.41) is 10.3. The number of carboxylic acid groups (broad SMARTS) is 1. The molecule has 0 aliphatic carbocycles. The van der Waals surface area contributed by atoms with E-state index in [-0.39, 0.29) is 6.54 Å². The minimum absolute atomic E-state index is 0.247. The Balaban J connectivity index is 3.04. The maximum absolute atomic E-state index is 12.9. The van der Waals surface area contributed by atoms with Crippen LogP contribution >= 0.6 is 0 Å². The highest BCUT2D eigenvalue weighted by atomic mass is 19.4. The lowest BCUT2D eigenvalue weighted by molar-refractivity contribution is -0.207. The zero-order valence-electron chi connectivity index (χ0n) is 11.1. The highest BCUT2D eigenvalue weighted by molar-refractivity contribution is 5.91. The van der Waals surface area contributed by atoms with Crippen molar-refractivity contribution >= 4 is 11.9 Å². The molecule has 0 radical (unpaired) electrons. The van der Waals surface area contributed by atoms with E-state index in [1.807, 2.05) is 0 Å². The maximum Gasteiger partial charge on any atom is 0.422 e. The second kappa shape index (κ2) is 6.13. The summed E-state index contributed by atoms with van der Waals surface area (Å²) in [6.07, 6.45) is -5.13. The molecule has 0 aliphatic rings. The molecule has 2 unspecified atom stereocenters. The number of nitrogens with two attached hydrogens (primary N) is 1. The molecular formula is C13H15F3N2O3. The molecule has 0 saturated heterocycles. The SMILES string of the molecule is CC(NC(=O)C(CN)c1ccccc1)(C(=O)O)C(F)(F)F. The molecule has 1 amide bonds. The molecule has 5 nitrogen and oxygen atoms in total. The molecule has 0 aromatic heterocycles. The molecule has 1 aromatic carbocycles. The molecule has 0 spiro atoms. The van der Waals surface area contributed by atoms with E-state index in [2.05, 4.69) is 0 Å². The first kappa shape index (κ1) is 17.0. The summed E-state index contributed by atoms with van der Waals surface area (Å²) in [5.74, 6) is -4.34. The number of benzene rings is 1. The summed E-state index contributed by atoms with van der Waals surface area (Å²) in [6, 6.07) is 7.94. The van der Waals surface area contributed by atoms with Gasteiger partial charge in [-0.15, -0.1) is 0 Å². The summed E-state index contributed by atoms with van der Waals surface area (Å²) in [7, 11) is 0. The summed E-state index contributed by atoms with van der Waals surface area (Å²) in [6.45, 7) is 0.148. The number of nitrogens with one attached hydrogen (secondary N) is 1. The normalized spacial score (nSPS) is 15.9. The fourth-order valence-electron chi connectivity index (χ4n) is 1.66. The summed E-state index contributed by atoms with van der Waals surface area (Å²) in [5.41, 5.74) is 2.46. The third-order valence-electron chi connectivity index (χ3n) is 3.12. The largest absolute Gasteiger partial charge is 0.479 e. The van der Waals surface area contributed by atoms with Gasteiger partial charge in [0.15, 0.2) is 0 Å². The third-order valence-corrected chi connectivity index (χ3v) is 3.12. The quantitative estimate of drug-likeness (QED) is 0.763. The van der Waals surface area contributed by atoms with Crippen molar-refractivity contribution in [2.75, 3.05) is 6.54 Å². The second-order valence-corrected chi connectivity index (χ2v) is 4.62. The zero-order chi connectivity index (χ0) is 16.3. The molecule has 1 aromatic rings. The van der Waals surface area contributed by atoms with Crippen LogP contribution in [0.3, 0.4) is 0 Å². The summed E-state index contributed by atoms with van der Waals surface area (Å²) < 4.78 is 38.6. The van der Waals surface area contributed by atoms with Crippen molar-refractivity contribution in [3.63, 3.8) is 0 Å². The average Bonchev–Trinajstić information content (AvgIpc) is 2.39. The van der Waals surface area contributed by atoms with Gasteiger partial charge in [0.25, 0.3) is 0 Å². The van der Waals surface area contributed by atoms with Crippen LogP contribution < -0.4 is 11.1 Å². The van der Waals surface area contributed by atoms with Crippen molar-refractivity contribution in [1.29, 1.82) is 0 Å². The second-order valence-electron chi connectivity index (χ2n) is 4.62. The summed E-state index contributed by atoms with van der Waals surface area (Å²) in [4.78, 5) is 22.9. The molecule has 0 saturated carbocycles. The third kappa shape index (κ3) is 3.52. The van der Waals surface area contributed by atoms with E-state index < -0.39 is 29.5 Å². The molecule has 8 heteroatoms. The lowest BCUT2D eigenvalue weighted by Gasteiger charge is -2.30. The molecule has 0 aliphatic heterocycles. The number of alkyl halides is 3. The standard InChI is InChI=1S/C13H15F3N2O3/c1-12(11(20)21,13(14,15)16)18-10(19)9(7-17)8-5-3-2-4-6-8/h2-6,9H,7,17H2,1H3,(H,18,19)(H,20,21). The van der Waals surface area contributed by atoms with Crippen molar-refractivity contribution in [2.45, 2.75) is 24.6 Å². The number of carbonyl (C=O) groups is 2. The minimum atomic E-state index is -5.13. The van der Waals surface area contributed by atoms with Crippen LogP contribution in [0.2, 0.25) is 0 Å². The highest BCUT2D eigenvalue weighted by Crippen LogP contribution is 2.31. The van der Waals surface area contributed by atoms with Crippen molar-refractivity contribution in [2.24, 2.45) is 5.73 Å². The number of hydrogen-bond acceptors (Lipinski definition) is 3. The number of amides is 1. The Labute approximate surface area is 118 Å². The van der Waals surface area contributed by atoms with E-state index in [1.54, 1.807) is 18.2 Å². The Morgan fingerprint density at radius 1 is 1.29 bits per heavy atom. The van der Waals surface area contributed by atoms with E-state index in [1.165, 1.54) is 17.4 Å². The van der Waals surface area contributed by atoms with E-state index in [9.17, 15) is 22.8 Å². The van der Waals surface area contributed by atoms with Gasteiger partial charge in [0.2, 0.25) is 11.4 Å². The molecule has 4 N–H and O–H groups in total. The fraction of sp³-hybridized carbons (Fsp3) is 0.385. The first-order chi connectivity index (χ1) is 9.63. The Morgan fingerprint density at radius 2 is 1.81 bits per heavy atom.